The van der Waals surface area contributed by atoms with E-state index in [1.165, 1.54) is 0 Å². The van der Waals surface area contributed by atoms with Crippen LogP contribution in [0.3, 0.4) is 0 Å². The van der Waals surface area contributed by atoms with Crippen molar-refractivity contribution in [1.82, 2.24) is 14.1 Å². The largest absolute Gasteiger partial charge is 0.494 e. The maximum atomic E-state index is 13.4. The van der Waals surface area contributed by atoms with E-state index in [0.29, 0.717) is 12.3 Å². The molecule has 3 aromatic rings. The Kier molecular flexibility index (Phi) is 6.20. The van der Waals surface area contributed by atoms with E-state index in [9.17, 15) is 4.79 Å². The summed E-state index contributed by atoms with van der Waals surface area (Å²) in [5.74, 6) is 0. The maximum Gasteiger partial charge on any atom is 0.494 e. The molecule has 3 heterocycles. The normalized spacial score (nSPS) is 17.7. The van der Waals surface area contributed by atoms with Gasteiger partial charge in [0.1, 0.15) is 6.73 Å². The Balaban J connectivity index is 1.61. The van der Waals surface area contributed by atoms with Crippen molar-refractivity contribution < 1.29 is 14.0 Å². The smallest absolute Gasteiger partial charge is 0.399 e. The third-order valence-electron chi connectivity index (χ3n) is 6.58. The molecule has 0 saturated carbocycles. The Hall–Kier alpha value is -2.20. The first-order chi connectivity index (χ1) is 15.4. The molecule has 7 nitrogen and oxygen atoms in total. The van der Waals surface area contributed by atoms with E-state index in [-0.39, 0.29) is 12.4 Å². The molecule has 9 heteroatoms. The van der Waals surface area contributed by atoms with E-state index in [4.69, 9.17) is 14.0 Å². The lowest BCUT2D eigenvalue weighted by Gasteiger charge is -2.32. The van der Waals surface area contributed by atoms with Crippen molar-refractivity contribution in [2.24, 2.45) is 0 Å². The Morgan fingerprint density at radius 1 is 1.03 bits per heavy atom. The van der Waals surface area contributed by atoms with Crippen LogP contribution in [-0.4, -0.2) is 47.1 Å². The Bertz CT molecular complexity index is 1180. The van der Waals surface area contributed by atoms with Gasteiger partial charge in [-0.05, 0) is 63.5 Å². The van der Waals surface area contributed by atoms with Crippen LogP contribution in [0.5, 0.6) is 0 Å². The van der Waals surface area contributed by atoms with Crippen molar-refractivity contribution in [2.75, 3.05) is 6.61 Å². The molecule has 1 aromatic carbocycles. The number of rotatable bonds is 7. The lowest BCUT2D eigenvalue weighted by atomic mass is 9.79. The molecule has 1 fully saturated rings. The van der Waals surface area contributed by atoms with E-state index in [1.54, 1.807) is 15.3 Å². The van der Waals surface area contributed by atoms with Gasteiger partial charge in [-0.1, -0.05) is 31.8 Å². The summed E-state index contributed by atoms with van der Waals surface area (Å²) < 4.78 is 21.5. The number of pyridine rings is 1. The van der Waals surface area contributed by atoms with Crippen LogP contribution in [0, 0.1) is 0 Å². The minimum absolute atomic E-state index is 0.167. The van der Waals surface area contributed by atoms with Gasteiger partial charge < -0.3 is 14.0 Å². The predicted molar refractivity (Wildman–Crippen MR) is 135 cm³/mol. The molecule has 1 saturated heterocycles. The monoisotopic (exact) mass is 467 g/mol. The Labute approximate surface area is 196 Å². The summed E-state index contributed by atoms with van der Waals surface area (Å²) in [6, 6.07) is 12.5. The van der Waals surface area contributed by atoms with Gasteiger partial charge in [0.25, 0.3) is 0 Å². The van der Waals surface area contributed by atoms with E-state index in [1.807, 2.05) is 64.1 Å². The minimum Gasteiger partial charge on any atom is -0.399 e. The van der Waals surface area contributed by atoms with Crippen molar-refractivity contribution in [2.45, 2.75) is 71.3 Å². The number of aromatic nitrogens is 3. The number of ether oxygens (including phenoxy) is 1. The molecule has 2 aromatic heterocycles. The van der Waals surface area contributed by atoms with Gasteiger partial charge in [0.15, 0.2) is 5.65 Å². The summed E-state index contributed by atoms with van der Waals surface area (Å²) in [6.07, 6.45) is 1.70. The maximum absolute atomic E-state index is 13.4. The van der Waals surface area contributed by atoms with Gasteiger partial charge in [-0.25, -0.2) is 14.3 Å². The quantitative estimate of drug-likeness (QED) is 0.391. The molecule has 1 aliphatic rings. The Morgan fingerprint density at radius 2 is 1.67 bits per heavy atom. The number of benzene rings is 1. The zero-order valence-corrected chi connectivity index (χ0v) is 21.7. The third-order valence-corrected chi connectivity index (χ3v) is 8.29. The number of hydrogen-bond acceptors (Lipinski definition) is 5. The molecule has 0 N–H and O–H groups in total. The van der Waals surface area contributed by atoms with Crippen LogP contribution in [0.15, 0.2) is 47.4 Å². The molecule has 0 unspecified atom stereocenters. The standard InChI is InChI=1S/C24H34BN3O4Si/c1-23(2)24(3,4)32-25(31-23)18-10-12-19(13-11-18)28-21-20(9-8-14-26-21)27(22(28)29)17-30-15-16-33(5,6)7/h8-14H,15-17H2,1-7H3. The van der Waals surface area contributed by atoms with Gasteiger partial charge in [0, 0.05) is 20.9 Å². The lowest BCUT2D eigenvalue weighted by Crippen LogP contribution is -2.41. The number of hydrogen-bond donors (Lipinski definition) is 0. The first-order valence-corrected chi connectivity index (χ1v) is 15.2. The fraction of sp³-hybridized carbons (Fsp3) is 0.500. The molecule has 176 valence electrons. The molecule has 33 heavy (non-hydrogen) atoms. The summed E-state index contributed by atoms with van der Waals surface area (Å²) >= 11 is 0. The molecule has 0 bridgehead atoms. The lowest BCUT2D eigenvalue weighted by molar-refractivity contribution is 0.00578. The zero-order chi connectivity index (χ0) is 24.0. The van der Waals surface area contributed by atoms with E-state index in [0.717, 1.165) is 22.7 Å². The first kappa shape index (κ1) is 23.9. The van der Waals surface area contributed by atoms with Gasteiger partial charge in [-0.2, -0.15) is 0 Å². The molecule has 0 spiro atoms. The van der Waals surface area contributed by atoms with Gasteiger partial charge in [0.05, 0.1) is 22.4 Å². The van der Waals surface area contributed by atoms with Gasteiger partial charge >= 0.3 is 12.8 Å². The number of fused-ring (bicyclic) bond motifs is 1. The average molecular weight is 467 g/mol. The highest BCUT2D eigenvalue weighted by Crippen LogP contribution is 2.36. The SMILES string of the molecule is CC1(C)OB(c2ccc(-n3c(=O)n(COCC[Si](C)(C)C)c4cccnc43)cc2)OC1(C)C. The molecular weight excluding hydrogens is 433 g/mol. The van der Waals surface area contributed by atoms with Crippen molar-refractivity contribution >= 4 is 31.8 Å². The summed E-state index contributed by atoms with van der Waals surface area (Å²) in [5, 5.41) is 0. The van der Waals surface area contributed by atoms with Crippen molar-refractivity contribution in [3.63, 3.8) is 0 Å². The van der Waals surface area contributed by atoms with Crippen LogP contribution >= 0.6 is 0 Å². The van der Waals surface area contributed by atoms with Crippen LogP contribution in [0.1, 0.15) is 27.7 Å². The molecule has 0 atom stereocenters. The summed E-state index contributed by atoms with van der Waals surface area (Å²) in [5.41, 5.74) is 2.05. The topological polar surface area (TPSA) is 67.5 Å². The van der Waals surface area contributed by atoms with Crippen LogP contribution in [0.25, 0.3) is 16.9 Å². The second-order valence-electron chi connectivity index (χ2n) is 10.9. The van der Waals surface area contributed by atoms with Crippen LogP contribution in [-0.2, 0) is 20.8 Å². The third kappa shape index (κ3) is 4.73. The van der Waals surface area contributed by atoms with E-state index in [2.05, 4.69) is 24.6 Å². The van der Waals surface area contributed by atoms with Gasteiger partial charge in [-0.3, -0.25) is 4.57 Å². The minimum atomic E-state index is -1.20. The van der Waals surface area contributed by atoms with Crippen molar-refractivity contribution in [1.29, 1.82) is 0 Å². The molecule has 0 amide bonds. The Morgan fingerprint density at radius 3 is 2.27 bits per heavy atom. The van der Waals surface area contributed by atoms with Crippen molar-refractivity contribution in [3.8, 4) is 5.69 Å². The fourth-order valence-electron chi connectivity index (χ4n) is 3.74. The predicted octanol–water partition coefficient (Wildman–Crippen LogP) is 3.80. The van der Waals surface area contributed by atoms with Crippen LogP contribution < -0.4 is 11.2 Å². The zero-order valence-electron chi connectivity index (χ0n) is 20.7. The highest BCUT2D eigenvalue weighted by atomic mass is 28.3. The van der Waals surface area contributed by atoms with Gasteiger partial charge in [-0.15, -0.1) is 0 Å². The molecule has 1 aliphatic heterocycles. The molecular formula is C24H34BN3O4Si. The molecule has 0 aliphatic carbocycles. The number of imidazole rings is 1. The first-order valence-electron chi connectivity index (χ1n) is 11.5. The second kappa shape index (κ2) is 8.54. The van der Waals surface area contributed by atoms with E-state index < -0.39 is 26.4 Å². The second-order valence-corrected chi connectivity index (χ2v) is 16.5. The summed E-state index contributed by atoms with van der Waals surface area (Å²) in [4.78, 5) is 17.8. The van der Waals surface area contributed by atoms with Crippen LogP contribution in [0.2, 0.25) is 25.7 Å². The highest BCUT2D eigenvalue weighted by molar-refractivity contribution is 6.76. The number of nitrogens with zero attached hydrogens (tertiary/aromatic N) is 3. The van der Waals surface area contributed by atoms with Gasteiger partial charge in [0.2, 0.25) is 0 Å². The molecule has 0 radical (unpaired) electrons. The highest BCUT2D eigenvalue weighted by Gasteiger charge is 2.51. The molecule has 4 rings (SSSR count). The average Bonchev–Trinajstić information content (AvgIpc) is 3.13. The van der Waals surface area contributed by atoms with Crippen LogP contribution in [0.4, 0.5) is 0 Å². The van der Waals surface area contributed by atoms with E-state index >= 15 is 0 Å². The fourth-order valence-corrected chi connectivity index (χ4v) is 4.49. The summed E-state index contributed by atoms with van der Waals surface area (Å²) in [7, 11) is -1.64. The van der Waals surface area contributed by atoms with Crippen molar-refractivity contribution in [3.05, 3.63) is 53.1 Å². The summed E-state index contributed by atoms with van der Waals surface area (Å²) in [6.45, 7) is 15.9.